The first-order chi connectivity index (χ1) is 17.1. The van der Waals surface area contributed by atoms with E-state index in [1.165, 1.54) is 77.0 Å². The molecule has 0 aliphatic heterocycles. The third-order valence-corrected chi connectivity index (χ3v) is 6.31. The van der Waals surface area contributed by atoms with Gasteiger partial charge in [-0.15, -0.1) is 0 Å². The number of aliphatic hydroxyl groups is 1. The zero-order valence-corrected chi connectivity index (χ0v) is 23.1. The van der Waals surface area contributed by atoms with E-state index in [2.05, 4.69) is 26.0 Å². The molecule has 0 radical (unpaired) electrons. The van der Waals surface area contributed by atoms with Gasteiger partial charge >= 0.3 is 11.9 Å². The van der Waals surface area contributed by atoms with Crippen molar-refractivity contribution >= 4 is 11.9 Å². The van der Waals surface area contributed by atoms with Crippen LogP contribution in [0.2, 0.25) is 0 Å². The van der Waals surface area contributed by atoms with Crippen molar-refractivity contribution in [3.8, 4) is 0 Å². The molecule has 0 fully saturated rings. The lowest BCUT2D eigenvalue weighted by molar-refractivity contribution is -0.161. The maximum atomic E-state index is 12.0. The summed E-state index contributed by atoms with van der Waals surface area (Å²) in [5.41, 5.74) is 0. The highest BCUT2D eigenvalue weighted by Crippen LogP contribution is 2.11. The second kappa shape index (κ2) is 27.2. The SMILES string of the molecule is CCCCCCCC/C=C\CCCCCCCC(=O)OC(CO)COC(=O)CCCCCCCC. The van der Waals surface area contributed by atoms with Crippen molar-refractivity contribution in [3.63, 3.8) is 0 Å². The van der Waals surface area contributed by atoms with Gasteiger partial charge in [-0.05, 0) is 38.5 Å². The van der Waals surface area contributed by atoms with E-state index in [4.69, 9.17) is 9.47 Å². The maximum absolute atomic E-state index is 12.0. The predicted octanol–water partition coefficient (Wildman–Crippen LogP) is 8.22. The van der Waals surface area contributed by atoms with Crippen molar-refractivity contribution in [2.75, 3.05) is 13.2 Å². The topological polar surface area (TPSA) is 72.8 Å². The van der Waals surface area contributed by atoms with Crippen LogP contribution in [0.5, 0.6) is 0 Å². The molecule has 35 heavy (non-hydrogen) atoms. The quantitative estimate of drug-likeness (QED) is 0.0741. The normalized spacial score (nSPS) is 12.2. The lowest BCUT2D eigenvalue weighted by atomic mass is 10.1. The van der Waals surface area contributed by atoms with Crippen LogP contribution in [0.4, 0.5) is 0 Å². The summed E-state index contributed by atoms with van der Waals surface area (Å²) in [6.45, 7) is 4.04. The highest BCUT2D eigenvalue weighted by atomic mass is 16.6. The maximum Gasteiger partial charge on any atom is 0.306 e. The molecular weight excluding hydrogens is 440 g/mol. The summed E-state index contributed by atoms with van der Waals surface area (Å²) < 4.78 is 10.4. The van der Waals surface area contributed by atoms with Crippen LogP contribution < -0.4 is 0 Å². The van der Waals surface area contributed by atoms with Crippen molar-refractivity contribution in [1.29, 1.82) is 0 Å². The molecule has 0 heterocycles. The largest absolute Gasteiger partial charge is 0.462 e. The third kappa shape index (κ3) is 25.5. The van der Waals surface area contributed by atoms with E-state index < -0.39 is 6.10 Å². The van der Waals surface area contributed by atoms with Crippen LogP contribution in [0.25, 0.3) is 0 Å². The monoisotopic (exact) mass is 496 g/mol. The number of aliphatic hydroxyl groups excluding tert-OH is 1. The number of esters is 2. The Morgan fingerprint density at radius 2 is 1.06 bits per heavy atom. The molecule has 0 spiro atoms. The summed E-state index contributed by atoms with van der Waals surface area (Å²) in [5, 5.41) is 9.41. The van der Waals surface area contributed by atoms with Gasteiger partial charge < -0.3 is 14.6 Å². The smallest absolute Gasteiger partial charge is 0.306 e. The van der Waals surface area contributed by atoms with Crippen LogP contribution in [0.15, 0.2) is 12.2 Å². The minimum Gasteiger partial charge on any atom is -0.462 e. The van der Waals surface area contributed by atoms with E-state index in [1.54, 1.807) is 0 Å². The predicted molar refractivity (Wildman–Crippen MR) is 145 cm³/mol. The number of carbonyl (C=O) groups excluding carboxylic acids is 2. The second-order valence-electron chi connectivity index (χ2n) is 9.83. The van der Waals surface area contributed by atoms with Gasteiger partial charge in [0.05, 0.1) is 6.61 Å². The molecule has 5 heteroatoms. The summed E-state index contributed by atoms with van der Waals surface area (Å²) in [6.07, 6.45) is 27.1. The molecule has 0 aliphatic carbocycles. The summed E-state index contributed by atoms with van der Waals surface area (Å²) in [4.78, 5) is 23.8. The van der Waals surface area contributed by atoms with Crippen molar-refractivity contribution in [3.05, 3.63) is 12.2 Å². The van der Waals surface area contributed by atoms with Gasteiger partial charge in [-0.3, -0.25) is 9.59 Å². The van der Waals surface area contributed by atoms with E-state index in [0.29, 0.717) is 12.8 Å². The molecule has 1 unspecified atom stereocenters. The lowest BCUT2D eigenvalue weighted by Crippen LogP contribution is -2.28. The van der Waals surface area contributed by atoms with Gasteiger partial charge in [0.2, 0.25) is 0 Å². The van der Waals surface area contributed by atoms with Crippen molar-refractivity contribution < 1.29 is 24.2 Å². The number of rotatable bonds is 26. The van der Waals surface area contributed by atoms with Crippen molar-refractivity contribution in [2.45, 2.75) is 155 Å². The molecule has 0 amide bonds. The number of hydrogen-bond donors (Lipinski definition) is 1. The van der Waals surface area contributed by atoms with Gasteiger partial charge in [0.1, 0.15) is 6.61 Å². The Balaban J connectivity index is 3.58. The zero-order chi connectivity index (χ0) is 25.8. The minimum absolute atomic E-state index is 0.0662. The first-order valence-corrected chi connectivity index (χ1v) is 14.7. The number of allylic oxidation sites excluding steroid dienone is 2. The fourth-order valence-electron chi connectivity index (χ4n) is 4.02. The molecule has 0 saturated carbocycles. The number of unbranched alkanes of at least 4 members (excludes halogenated alkanes) is 16. The Morgan fingerprint density at radius 3 is 1.54 bits per heavy atom. The van der Waals surface area contributed by atoms with Crippen LogP contribution in [-0.4, -0.2) is 36.4 Å². The fraction of sp³-hybridized carbons (Fsp3) is 0.867. The molecule has 1 atom stereocenters. The molecule has 0 aliphatic rings. The highest BCUT2D eigenvalue weighted by molar-refractivity contribution is 5.70. The number of carbonyl (C=O) groups is 2. The second-order valence-corrected chi connectivity index (χ2v) is 9.83. The number of ether oxygens (including phenoxy) is 2. The average Bonchev–Trinajstić information content (AvgIpc) is 2.86. The van der Waals surface area contributed by atoms with E-state index in [0.717, 1.165) is 44.9 Å². The van der Waals surface area contributed by atoms with Gasteiger partial charge in [0.25, 0.3) is 0 Å². The molecule has 206 valence electrons. The molecule has 0 bridgehead atoms. The minimum atomic E-state index is -0.765. The van der Waals surface area contributed by atoms with Crippen molar-refractivity contribution in [1.82, 2.24) is 0 Å². The van der Waals surface area contributed by atoms with Gasteiger partial charge in [-0.25, -0.2) is 0 Å². The Bertz CT molecular complexity index is 503. The Kier molecular flexibility index (Phi) is 26.2. The number of hydrogen-bond acceptors (Lipinski definition) is 5. The van der Waals surface area contributed by atoms with Crippen LogP contribution in [-0.2, 0) is 19.1 Å². The standard InChI is InChI=1S/C30H56O5/c1-3-5-7-9-11-12-13-14-15-16-17-18-19-21-23-25-30(33)35-28(26-31)27-34-29(32)24-22-20-10-8-6-4-2/h14-15,28,31H,3-13,16-27H2,1-2H3/b15-14-. The van der Waals surface area contributed by atoms with E-state index in [9.17, 15) is 14.7 Å². The van der Waals surface area contributed by atoms with Crippen LogP contribution in [0, 0.1) is 0 Å². The summed E-state index contributed by atoms with van der Waals surface area (Å²) in [6, 6.07) is 0. The van der Waals surface area contributed by atoms with Crippen LogP contribution >= 0.6 is 0 Å². The first-order valence-electron chi connectivity index (χ1n) is 14.7. The third-order valence-electron chi connectivity index (χ3n) is 6.31. The Labute approximate surface area is 216 Å². The average molecular weight is 497 g/mol. The molecule has 0 saturated heterocycles. The highest BCUT2D eigenvalue weighted by Gasteiger charge is 2.16. The fourth-order valence-corrected chi connectivity index (χ4v) is 4.02. The van der Waals surface area contributed by atoms with Gasteiger partial charge in [-0.2, -0.15) is 0 Å². The Hall–Kier alpha value is -1.36. The van der Waals surface area contributed by atoms with E-state index in [1.807, 2.05) is 0 Å². The molecule has 1 N–H and O–H groups in total. The van der Waals surface area contributed by atoms with E-state index >= 15 is 0 Å². The zero-order valence-electron chi connectivity index (χ0n) is 23.1. The van der Waals surface area contributed by atoms with Crippen LogP contribution in [0.1, 0.15) is 149 Å². The van der Waals surface area contributed by atoms with Gasteiger partial charge in [-0.1, -0.05) is 109 Å². The molecule has 0 aromatic rings. The van der Waals surface area contributed by atoms with Gasteiger partial charge in [0, 0.05) is 12.8 Å². The molecule has 0 aromatic heterocycles. The summed E-state index contributed by atoms with van der Waals surface area (Å²) >= 11 is 0. The molecule has 5 nitrogen and oxygen atoms in total. The van der Waals surface area contributed by atoms with Crippen molar-refractivity contribution in [2.24, 2.45) is 0 Å². The summed E-state index contributed by atoms with van der Waals surface area (Å²) in [5.74, 6) is -0.610. The molecule has 0 aromatic carbocycles. The Morgan fingerprint density at radius 1 is 0.629 bits per heavy atom. The van der Waals surface area contributed by atoms with Gasteiger partial charge in [0.15, 0.2) is 6.10 Å². The first kappa shape index (κ1) is 33.6. The van der Waals surface area contributed by atoms with E-state index in [-0.39, 0.29) is 25.2 Å². The molecule has 0 rings (SSSR count). The van der Waals surface area contributed by atoms with Crippen LogP contribution in [0.3, 0.4) is 0 Å². The lowest BCUT2D eigenvalue weighted by Gasteiger charge is -2.15. The molecular formula is C30H56O5. The summed E-state index contributed by atoms with van der Waals surface area (Å²) in [7, 11) is 0.